The van der Waals surface area contributed by atoms with Crippen LogP contribution in [0.25, 0.3) is 0 Å². The van der Waals surface area contributed by atoms with Crippen LogP contribution in [0.3, 0.4) is 0 Å². The lowest BCUT2D eigenvalue weighted by Crippen LogP contribution is -2.38. The molecule has 0 saturated heterocycles. The van der Waals surface area contributed by atoms with E-state index in [9.17, 15) is 27.6 Å². The minimum Gasteiger partial charge on any atom is -0.467 e. The first-order chi connectivity index (χ1) is 17.3. The summed E-state index contributed by atoms with van der Waals surface area (Å²) < 4.78 is 43.6. The molecule has 3 N–H and O–H groups in total. The normalized spacial score (nSPS) is 11.8. The average molecular weight is 560 g/mol. The van der Waals surface area contributed by atoms with E-state index in [0.717, 1.165) is 11.0 Å². The van der Waals surface area contributed by atoms with Gasteiger partial charge in [0.1, 0.15) is 17.2 Å². The number of hydrogen-bond acceptors (Lipinski definition) is 11. The van der Waals surface area contributed by atoms with E-state index in [-0.39, 0.29) is 29.4 Å². The zero-order valence-electron chi connectivity index (χ0n) is 20.2. The van der Waals surface area contributed by atoms with E-state index >= 15 is 0 Å². The molecular formula is C22H26ClN3O10S. The molecule has 0 aliphatic carbocycles. The zero-order chi connectivity index (χ0) is 27.8. The van der Waals surface area contributed by atoms with Crippen LogP contribution < -0.4 is 10.5 Å². The summed E-state index contributed by atoms with van der Waals surface area (Å²) in [5.41, 5.74) is -0.172. The first kappa shape index (κ1) is 29.6. The molecule has 2 rings (SSSR count). The summed E-state index contributed by atoms with van der Waals surface area (Å²) in [6.07, 6.45) is 0.275. The molecule has 1 unspecified atom stereocenters. The van der Waals surface area contributed by atoms with Crippen molar-refractivity contribution in [3.63, 3.8) is 0 Å². The van der Waals surface area contributed by atoms with Crippen molar-refractivity contribution in [3.05, 3.63) is 46.9 Å². The Morgan fingerprint density at radius 3 is 2.51 bits per heavy atom. The SMILES string of the molecule is CCOC(=O)C(C)OC(=O)CN(C)C(=O)COC(=O)c1cc(S(N)(=O)=O)c(Cl)cc1NCc1ccco1. The maximum Gasteiger partial charge on any atom is 0.347 e. The number of ether oxygens (including phenoxy) is 3. The van der Waals surface area contributed by atoms with Crippen molar-refractivity contribution in [3.8, 4) is 0 Å². The van der Waals surface area contributed by atoms with Gasteiger partial charge in [-0.25, -0.2) is 23.1 Å². The van der Waals surface area contributed by atoms with Crippen LogP contribution in [-0.2, 0) is 45.2 Å². The molecule has 1 heterocycles. The summed E-state index contributed by atoms with van der Waals surface area (Å²) in [5.74, 6) is -2.96. The molecule has 0 fully saturated rings. The Balaban J connectivity index is 2.08. The topological polar surface area (TPSA) is 185 Å². The number of nitrogens with two attached hydrogens (primary N) is 1. The number of amides is 1. The number of nitrogens with zero attached hydrogens (tertiary/aromatic N) is 1. The predicted octanol–water partition coefficient (Wildman–Crippen LogP) is 1.30. The first-order valence-corrected chi connectivity index (χ1v) is 12.7. The lowest BCUT2D eigenvalue weighted by atomic mass is 10.1. The number of esters is 3. The van der Waals surface area contributed by atoms with Gasteiger partial charge in [0.05, 0.1) is 35.7 Å². The fourth-order valence-electron chi connectivity index (χ4n) is 2.82. The van der Waals surface area contributed by atoms with Gasteiger partial charge in [-0.3, -0.25) is 9.59 Å². The van der Waals surface area contributed by atoms with Crippen molar-refractivity contribution in [2.24, 2.45) is 5.14 Å². The van der Waals surface area contributed by atoms with Crippen molar-refractivity contribution in [2.75, 3.05) is 32.1 Å². The number of benzene rings is 1. The third kappa shape index (κ3) is 8.77. The van der Waals surface area contributed by atoms with Gasteiger partial charge in [-0.05, 0) is 38.1 Å². The van der Waals surface area contributed by atoms with E-state index in [1.54, 1.807) is 19.1 Å². The van der Waals surface area contributed by atoms with Crippen molar-refractivity contribution in [2.45, 2.75) is 31.4 Å². The molecule has 0 radical (unpaired) electrons. The number of hydrogen-bond donors (Lipinski definition) is 2. The number of likely N-dealkylation sites (N-methyl/N-ethyl adjacent to an activating group) is 1. The average Bonchev–Trinajstić information content (AvgIpc) is 3.33. The second-order valence-electron chi connectivity index (χ2n) is 7.52. The first-order valence-electron chi connectivity index (χ1n) is 10.7. The van der Waals surface area contributed by atoms with Crippen LogP contribution in [0.15, 0.2) is 39.8 Å². The highest BCUT2D eigenvalue weighted by molar-refractivity contribution is 7.89. The van der Waals surface area contributed by atoms with Gasteiger partial charge in [-0.15, -0.1) is 0 Å². The molecule has 1 aromatic carbocycles. The van der Waals surface area contributed by atoms with Crippen LogP contribution in [0.5, 0.6) is 0 Å². The number of furan rings is 1. The Kier molecular flexibility index (Phi) is 10.5. The Labute approximate surface area is 217 Å². The molecule has 202 valence electrons. The van der Waals surface area contributed by atoms with E-state index in [0.29, 0.717) is 5.76 Å². The van der Waals surface area contributed by atoms with Crippen molar-refractivity contribution in [1.29, 1.82) is 0 Å². The summed E-state index contributed by atoms with van der Waals surface area (Å²) >= 11 is 6.03. The van der Waals surface area contributed by atoms with Crippen LogP contribution in [0, 0.1) is 0 Å². The molecule has 1 atom stereocenters. The second-order valence-corrected chi connectivity index (χ2v) is 9.45. The molecule has 2 aromatic rings. The van der Waals surface area contributed by atoms with Crippen molar-refractivity contribution in [1.82, 2.24) is 4.90 Å². The highest BCUT2D eigenvalue weighted by Crippen LogP contribution is 2.29. The minimum atomic E-state index is -4.29. The summed E-state index contributed by atoms with van der Waals surface area (Å²) in [6.45, 7) is 1.81. The van der Waals surface area contributed by atoms with Gasteiger partial charge in [0, 0.05) is 7.05 Å². The number of rotatable bonds is 12. The fraction of sp³-hybridized carbons (Fsp3) is 0.364. The van der Waals surface area contributed by atoms with Crippen LogP contribution >= 0.6 is 11.6 Å². The maximum atomic E-state index is 12.8. The quantitative estimate of drug-likeness (QED) is 0.282. The lowest BCUT2D eigenvalue weighted by Gasteiger charge is -2.18. The van der Waals surface area contributed by atoms with E-state index in [2.05, 4.69) is 5.32 Å². The largest absolute Gasteiger partial charge is 0.467 e. The minimum absolute atomic E-state index is 0.0936. The van der Waals surface area contributed by atoms with E-state index in [1.807, 2.05) is 0 Å². The summed E-state index contributed by atoms with van der Waals surface area (Å²) in [7, 11) is -3.03. The molecular weight excluding hydrogens is 534 g/mol. The number of halogens is 1. The predicted molar refractivity (Wildman–Crippen MR) is 129 cm³/mol. The number of sulfonamides is 1. The van der Waals surface area contributed by atoms with E-state index in [4.69, 9.17) is 35.4 Å². The van der Waals surface area contributed by atoms with Gasteiger partial charge >= 0.3 is 17.9 Å². The number of primary sulfonamides is 1. The Bertz CT molecular complexity index is 1250. The zero-order valence-corrected chi connectivity index (χ0v) is 21.8. The Morgan fingerprint density at radius 2 is 1.92 bits per heavy atom. The monoisotopic (exact) mass is 559 g/mol. The highest BCUT2D eigenvalue weighted by atomic mass is 35.5. The van der Waals surface area contributed by atoms with Crippen LogP contribution in [-0.4, -0.2) is 70.0 Å². The number of nitrogens with one attached hydrogen (secondary N) is 1. The second kappa shape index (κ2) is 13.1. The number of carbonyl (C=O) groups excluding carboxylic acids is 4. The van der Waals surface area contributed by atoms with Gasteiger partial charge in [-0.2, -0.15) is 0 Å². The van der Waals surface area contributed by atoms with Crippen LogP contribution in [0.1, 0.15) is 30.0 Å². The molecule has 1 aromatic heterocycles. The molecule has 0 aliphatic heterocycles. The molecule has 13 nitrogen and oxygen atoms in total. The number of anilines is 1. The van der Waals surface area contributed by atoms with E-state index < -0.39 is 58.0 Å². The molecule has 37 heavy (non-hydrogen) atoms. The van der Waals surface area contributed by atoms with Crippen LogP contribution in [0.4, 0.5) is 5.69 Å². The molecule has 0 spiro atoms. The standard InChI is InChI=1S/C22H26ClN3O10S/c1-4-33-21(29)13(2)36-20(28)11-26(3)19(27)12-35-22(30)15-8-18(37(24,31)32)16(23)9-17(15)25-10-14-6-5-7-34-14/h5-9,13,25H,4,10-12H2,1-3H3,(H2,24,31,32). The van der Waals surface area contributed by atoms with Crippen LogP contribution in [0.2, 0.25) is 5.02 Å². The van der Waals surface area contributed by atoms with Crippen molar-refractivity contribution >= 4 is 51.1 Å². The summed E-state index contributed by atoms with van der Waals surface area (Å²) in [5, 5.41) is 7.81. The Morgan fingerprint density at radius 1 is 1.22 bits per heavy atom. The van der Waals surface area contributed by atoms with Gasteiger partial charge in [0.2, 0.25) is 10.0 Å². The summed E-state index contributed by atoms with van der Waals surface area (Å²) in [6, 6.07) is 5.42. The van der Waals surface area contributed by atoms with Crippen molar-refractivity contribution < 1.29 is 46.2 Å². The Hall–Kier alpha value is -3.62. The third-order valence-corrected chi connectivity index (χ3v) is 6.05. The van der Waals surface area contributed by atoms with Gasteiger partial charge in [-0.1, -0.05) is 11.6 Å². The van der Waals surface area contributed by atoms with Gasteiger partial charge in [0.25, 0.3) is 5.91 Å². The fourth-order valence-corrected chi connectivity index (χ4v) is 3.92. The molecule has 0 saturated carbocycles. The van der Waals surface area contributed by atoms with E-state index in [1.165, 1.54) is 26.3 Å². The third-order valence-electron chi connectivity index (χ3n) is 4.68. The van der Waals surface area contributed by atoms with Gasteiger partial charge in [0.15, 0.2) is 12.7 Å². The number of carbonyl (C=O) groups is 4. The maximum absolute atomic E-state index is 12.8. The van der Waals surface area contributed by atoms with Gasteiger partial charge < -0.3 is 28.8 Å². The highest BCUT2D eigenvalue weighted by Gasteiger charge is 2.24. The summed E-state index contributed by atoms with van der Waals surface area (Å²) in [4.78, 5) is 49.1. The molecule has 15 heteroatoms. The molecule has 0 aliphatic rings. The molecule has 0 bridgehead atoms. The lowest BCUT2D eigenvalue weighted by molar-refractivity contribution is -0.167. The molecule has 1 amide bonds. The smallest absolute Gasteiger partial charge is 0.347 e.